The molecule has 0 spiro atoms. The molecule has 0 aliphatic heterocycles. The van der Waals surface area contributed by atoms with Gasteiger partial charge in [0.2, 0.25) is 0 Å². The van der Waals surface area contributed by atoms with Crippen LogP contribution in [-0.4, -0.2) is 27.2 Å². The van der Waals surface area contributed by atoms with Gasteiger partial charge >= 0.3 is 0 Å². The molecule has 0 saturated heterocycles. The van der Waals surface area contributed by atoms with E-state index >= 15 is 0 Å². The fourth-order valence-corrected chi connectivity index (χ4v) is 2.91. The van der Waals surface area contributed by atoms with Crippen LogP contribution in [0.2, 0.25) is 5.02 Å². The van der Waals surface area contributed by atoms with Gasteiger partial charge in [-0.1, -0.05) is 17.7 Å². The van der Waals surface area contributed by atoms with Gasteiger partial charge in [0.05, 0.1) is 0 Å². The van der Waals surface area contributed by atoms with Crippen LogP contribution in [0, 0.1) is 0 Å². The first kappa shape index (κ1) is 16.8. The zero-order chi connectivity index (χ0) is 15.9. The lowest BCUT2D eigenvalue weighted by molar-refractivity contribution is 0.341. The SMILES string of the molecule is CC(C)N(CCCn1cccc1)C(=S)Nc1cccc(Cl)c1. The molecule has 0 aliphatic rings. The molecule has 0 amide bonds. The molecule has 0 bridgehead atoms. The minimum Gasteiger partial charge on any atom is -0.354 e. The number of nitrogens with zero attached hydrogens (tertiary/aromatic N) is 2. The number of halogens is 1. The third-order valence-corrected chi connectivity index (χ3v) is 4.01. The summed E-state index contributed by atoms with van der Waals surface area (Å²) < 4.78 is 2.19. The number of hydrogen-bond donors (Lipinski definition) is 1. The van der Waals surface area contributed by atoms with Crippen LogP contribution in [0.1, 0.15) is 20.3 Å². The van der Waals surface area contributed by atoms with E-state index in [2.05, 4.69) is 41.0 Å². The number of rotatable bonds is 6. The van der Waals surface area contributed by atoms with Crippen molar-refractivity contribution in [2.75, 3.05) is 11.9 Å². The van der Waals surface area contributed by atoms with Crippen LogP contribution < -0.4 is 5.32 Å². The summed E-state index contributed by atoms with van der Waals surface area (Å²) in [6.45, 7) is 6.22. The van der Waals surface area contributed by atoms with E-state index in [1.807, 2.05) is 36.4 Å². The molecule has 1 heterocycles. The molecule has 22 heavy (non-hydrogen) atoms. The van der Waals surface area contributed by atoms with Gasteiger partial charge in [-0.2, -0.15) is 0 Å². The maximum atomic E-state index is 6.01. The van der Waals surface area contributed by atoms with Gasteiger partial charge in [0.1, 0.15) is 0 Å². The maximum absolute atomic E-state index is 6.01. The molecule has 2 rings (SSSR count). The minimum atomic E-state index is 0.351. The molecular weight excluding hydrogens is 314 g/mol. The summed E-state index contributed by atoms with van der Waals surface area (Å²) in [5, 5.41) is 4.72. The number of nitrogens with one attached hydrogen (secondary N) is 1. The van der Waals surface area contributed by atoms with Crippen molar-refractivity contribution in [1.29, 1.82) is 0 Å². The Morgan fingerprint density at radius 1 is 1.27 bits per heavy atom. The Morgan fingerprint density at radius 2 is 2.00 bits per heavy atom. The predicted octanol–water partition coefficient (Wildman–Crippen LogP) is 4.64. The Balaban J connectivity index is 1.90. The van der Waals surface area contributed by atoms with E-state index in [0.29, 0.717) is 11.1 Å². The van der Waals surface area contributed by atoms with E-state index in [9.17, 15) is 0 Å². The van der Waals surface area contributed by atoms with Crippen molar-refractivity contribution >= 4 is 34.6 Å². The molecule has 0 unspecified atom stereocenters. The number of thiocarbonyl (C=S) groups is 1. The van der Waals surface area contributed by atoms with E-state index < -0.39 is 0 Å². The highest BCUT2D eigenvalue weighted by atomic mass is 35.5. The molecule has 0 radical (unpaired) electrons. The Hall–Kier alpha value is -1.52. The number of benzene rings is 1. The van der Waals surface area contributed by atoms with Crippen molar-refractivity contribution in [3.8, 4) is 0 Å². The van der Waals surface area contributed by atoms with Gasteiger partial charge in [-0.25, -0.2) is 0 Å². The summed E-state index contributed by atoms with van der Waals surface area (Å²) in [6, 6.07) is 12.1. The Labute approximate surface area is 142 Å². The van der Waals surface area contributed by atoms with Crippen LogP contribution in [0.25, 0.3) is 0 Å². The van der Waals surface area contributed by atoms with E-state index in [4.69, 9.17) is 23.8 Å². The second-order valence-electron chi connectivity index (χ2n) is 5.50. The summed E-state index contributed by atoms with van der Waals surface area (Å²) in [5.41, 5.74) is 0.925. The molecular formula is C17H22ClN3S. The highest BCUT2D eigenvalue weighted by Gasteiger charge is 2.13. The summed E-state index contributed by atoms with van der Waals surface area (Å²) in [6.07, 6.45) is 5.22. The fourth-order valence-electron chi connectivity index (χ4n) is 2.30. The number of aryl methyl sites for hydroxylation is 1. The average Bonchev–Trinajstić information content (AvgIpc) is 2.96. The van der Waals surface area contributed by atoms with Crippen LogP contribution in [0.3, 0.4) is 0 Å². The van der Waals surface area contributed by atoms with Crippen LogP contribution in [-0.2, 0) is 6.54 Å². The highest BCUT2D eigenvalue weighted by molar-refractivity contribution is 7.80. The number of hydrogen-bond acceptors (Lipinski definition) is 1. The molecule has 0 atom stereocenters. The zero-order valence-electron chi connectivity index (χ0n) is 13.0. The Bertz CT molecular complexity index is 596. The normalized spacial score (nSPS) is 10.7. The van der Waals surface area contributed by atoms with Gasteiger partial charge in [-0.15, -0.1) is 0 Å². The molecule has 118 valence electrons. The van der Waals surface area contributed by atoms with E-state index in [1.54, 1.807) is 0 Å². The van der Waals surface area contributed by atoms with Crippen molar-refractivity contribution in [1.82, 2.24) is 9.47 Å². The molecule has 3 nitrogen and oxygen atoms in total. The monoisotopic (exact) mass is 335 g/mol. The predicted molar refractivity (Wildman–Crippen MR) is 98.6 cm³/mol. The lowest BCUT2D eigenvalue weighted by Crippen LogP contribution is -2.40. The summed E-state index contributed by atoms with van der Waals surface area (Å²) in [7, 11) is 0. The number of aromatic nitrogens is 1. The first-order valence-corrected chi connectivity index (χ1v) is 8.29. The van der Waals surface area contributed by atoms with Crippen molar-refractivity contribution < 1.29 is 0 Å². The van der Waals surface area contributed by atoms with E-state index in [1.165, 1.54) is 0 Å². The first-order chi connectivity index (χ1) is 10.6. The number of anilines is 1. The Kier molecular flexibility index (Phi) is 6.28. The van der Waals surface area contributed by atoms with Gasteiger partial charge < -0.3 is 14.8 Å². The van der Waals surface area contributed by atoms with Gasteiger partial charge in [0, 0.05) is 42.2 Å². The minimum absolute atomic E-state index is 0.351. The second kappa shape index (κ2) is 8.20. The van der Waals surface area contributed by atoms with Crippen molar-refractivity contribution in [2.24, 2.45) is 0 Å². The zero-order valence-corrected chi connectivity index (χ0v) is 14.6. The lowest BCUT2D eigenvalue weighted by Gasteiger charge is -2.30. The molecule has 1 N–H and O–H groups in total. The van der Waals surface area contributed by atoms with Crippen molar-refractivity contribution in [3.05, 3.63) is 53.8 Å². The lowest BCUT2D eigenvalue weighted by atomic mass is 10.3. The Morgan fingerprint density at radius 3 is 2.64 bits per heavy atom. The molecule has 0 aliphatic carbocycles. The smallest absolute Gasteiger partial charge is 0.173 e. The fraction of sp³-hybridized carbons (Fsp3) is 0.353. The van der Waals surface area contributed by atoms with Gasteiger partial charge in [-0.3, -0.25) is 0 Å². The van der Waals surface area contributed by atoms with Crippen LogP contribution in [0.15, 0.2) is 48.8 Å². The molecule has 1 aromatic heterocycles. The van der Waals surface area contributed by atoms with Gasteiger partial charge in [-0.05, 0) is 62.8 Å². The summed E-state index contributed by atoms with van der Waals surface area (Å²) >= 11 is 11.6. The molecule has 1 aromatic carbocycles. The summed E-state index contributed by atoms with van der Waals surface area (Å²) in [5.74, 6) is 0. The van der Waals surface area contributed by atoms with Crippen molar-refractivity contribution in [2.45, 2.75) is 32.9 Å². The third-order valence-electron chi connectivity index (χ3n) is 3.44. The van der Waals surface area contributed by atoms with Crippen LogP contribution in [0.4, 0.5) is 5.69 Å². The quantitative estimate of drug-likeness (QED) is 0.777. The van der Waals surface area contributed by atoms with Crippen LogP contribution >= 0.6 is 23.8 Å². The van der Waals surface area contributed by atoms with E-state index in [-0.39, 0.29) is 0 Å². The highest BCUT2D eigenvalue weighted by Crippen LogP contribution is 2.16. The second-order valence-corrected chi connectivity index (χ2v) is 6.33. The molecule has 0 fully saturated rings. The standard InChI is InChI=1S/C17H22ClN3S/c1-14(2)21(12-6-11-20-9-3-4-10-20)17(22)19-16-8-5-7-15(18)13-16/h3-5,7-10,13-14H,6,11-12H2,1-2H3,(H,19,22). The van der Waals surface area contributed by atoms with Crippen LogP contribution in [0.5, 0.6) is 0 Å². The molecule has 0 saturated carbocycles. The average molecular weight is 336 g/mol. The maximum Gasteiger partial charge on any atom is 0.173 e. The molecule has 2 aromatic rings. The summed E-state index contributed by atoms with van der Waals surface area (Å²) in [4.78, 5) is 2.21. The van der Waals surface area contributed by atoms with Crippen molar-refractivity contribution in [3.63, 3.8) is 0 Å². The third kappa shape index (κ3) is 5.04. The molecule has 5 heteroatoms. The van der Waals surface area contributed by atoms with E-state index in [0.717, 1.165) is 30.3 Å². The van der Waals surface area contributed by atoms with Gasteiger partial charge in [0.25, 0.3) is 0 Å². The topological polar surface area (TPSA) is 20.2 Å². The largest absolute Gasteiger partial charge is 0.354 e. The van der Waals surface area contributed by atoms with Gasteiger partial charge in [0.15, 0.2) is 5.11 Å². The first-order valence-electron chi connectivity index (χ1n) is 7.50.